The van der Waals surface area contributed by atoms with Crippen molar-refractivity contribution in [3.8, 4) is 5.75 Å². The Morgan fingerprint density at radius 1 is 1.33 bits per heavy atom. The van der Waals surface area contributed by atoms with E-state index in [0.29, 0.717) is 0 Å². The van der Waals surface area contributed by atoms with E-state index >= 15 is 0 Å². The summed E-state index contributed by atoms with van der Waals surface area (Å²) in [7, 11) is 1.57. The van der Waals surface area contributed by atoms with Gasteiger partial charge in [0.15, 0.2) is 0 Å². The molecule has 0 aliphatic carbocycles. The third-order valence-electron chi connectivity index (χ3n) is 2.27. The number of aliphatic carboxylic acids is 1. The van der Waals surface area contributed by atoms with Gasteiger partial charge in [-0.1, -0.05) is 12.1 Å². The van der Waals surface area contributed by atoms with Gasteiger partial charge in [-0.15, -0.1) is 0 Å². The molecule has 2 N–H and O–H groups in total. The van der Waals surface area contributed by atoms with E-state index in [1.165, 1.54) is 13.0 Å². The van der Waals surface area contributed by atoms with Gasteiger partial charge in [-0.3, -0.25) is 9.59 Å². The van der Waals surface area contributed by atoms with Crippen LogP contribution in [-0.4, -0.2) is 30.1 Å². The van der Waals surface area contributed by atoms with Gasteiger partial charge in [-0.25, -0.2) is 0 Å². The second-order valence-corrected chi connectivity index (χ2v) is 3.68. The summed E-state index contributed by atoms with van der Waals surface area (Å²) in [5.74, 6) is -0.780. The lowest BCUT2D eigenvalue weighted by Crippen LogP contribution is -2.37. The fourth-order valence-corrected chi connectivity index (χ4v) is 1.21. The van der Waals surface area contributed by atoms with Crippen molar-refractivity contribution in [3.63, 3.8) is 0 Å². The van der Waals surface area contributed by atoms with Crippen LogP contribution in [0.1, 0.15) is 12.5 Å². The third kappa shape index (κ3) is 4.29. The maximum absolute atomic E-state index is 11.4. The van der Waals surface area contributed by atoms with Crippen LogP contribution >= 0.6 is 0 Å². The monoisotopic (exact) mass is 249 g/mol. The summed E-state index contributed by atoms with van der Waals surface area (Å²) in [6, 6.07) is 6.24. The van der Waals surface area contributed by atoms with Gasteiger partial charge in [0.1, 0.15) is 11.8 Å². The van der Waals surface area contributed by atoms with Gasteiger partial charge in [0, 0.05) is 6.08 Å². The summed E-state index contributed by atoms with van der Waals surface area (Å²) in [6.07, 6.45) is 2.89. The van der Waals surface area contributed by atoms with Crippen molar-refractivity contribution in [1.82, 2.24) is 5.32 Å². The van der Waals surface area contributed by atoms with Crippen LogP contribution in [0.15, 0.2) is 30.3 Å². The van der Waals surface area contributed by atoms with Crippen molar-refractivity contribution in [2.75, 3.05) is 7.11 Å². The lowest BCUT2D eigenvalue weighted by Gasteiger charge is -2.05. The number of carbonyl (C=O) groups excluding carboxylic acids is 1. The predicted molar refractivity (Wildman–Crippen MR) is 67.3 cm³/mol. The lowest BCUT2D eigenvalue weighted by molar-refractivity contribution is -0.140. The normalized spacial score (nSPS) is 12.1. The molecule has 0 unspecified atom stereocenters. The summed E-state index contributed by atoms with van der Waals surface area (Å²) in [4.78, 5) is 21.9. The Morgan fingerprint density at radius 3 is 2.44 bits per heavy atom. The summed E-state index contributed by atoms with van der Waals surface area (Å²) in [5, 5.41) is 10.9. The fraction of sp³-hybridized carbons (Fsp3) is 0.231. The second kappa shape index (κ2) is 6.44. The molecule has 0 heterocycles. The number of hydrogen-bond donors (Lipinski definition) is 2. The van der Waals surface area contributed by atoms with Crippen molar-refractivity contribution >= 4 is 18.0 Å². The van der Waals surface area contributed by atoms with E-state index in [9.17, 15) is 9.59 Å². The van der Waals surface area contributed by atoms with Gasteiger partial charge in [-0.05, 0) is 30.7 Å². The first-order chi connectivity index (χ1) is 8.52. The minimum atomic E-state index is -1.07. The Kier molecular flexibility index (Phi) is 4.92. The number of rotatable bonds is 5. The molecule has 5 nitrogen and oxygen atoms in total. The molecule has 0 aromatic heterocycles. The minimum absolute atomic E-state index is 0.444. The molecule has 0 spiro atoms. The minimum Gasteiger partial charge on any atom is -0.497 e. The molecule has 96 valence electrons. The molecule has 0 bridgehead atoms. The van der Waals surface area contributed by atoms with Crippen LogP contribution in [0.25, 0.3) is 6.08 Å². The topological polar surface area (TPSA) is 75.6 Å². The highest BCUT2D eigenvalue weighted by Crippen LogP contribution is 2.12. The first-order valence-electron chi connectivity index (χ1n) is 5.38. The molecule has 1 amide bonds. The number of carboxylic acid groups (broad SMARTS) is 1. The molecule has 0 aliphatic heterocycles. The van der Waals surface area contributed by atoms with E-state index in [2.05, 4.69) is 5.32 Å². The molecule has 18 heavy (non-hydrogen) atoms. The van der Waals surface area contributed by atoms with E-state index in [1.807, 2.05) is 0 Å². The first kappa shape index (κ1) is 13.8. The number of hydrogen-bond acceptors (Lipinski definition) is 3. The molecular weight excluding hydrogens is 234 g/mol. The number of amides is 1. The molecule has 0 radical (unpaired) electrons. The van der Waals surface area contributed by atoms with E-state index in [1.54, 1.807) is 37.5 Å². The highest BCUT2D eigenvalue weighted by molar-refractivity contribution is 5.94. The summed E-state index contributed by atoms with van der Waals surface area (Å²) < 4.78 is 5.01. The lowest BCUT2D eigenvalue weighted by atomic mass is 10.2. The number of carbonyl (C=O) groups is 2. The molecule has 1 rings (SSSR count). The number of nitrogens with one attached hydrogen (secondary N) is 1. The van der Waals surface area contributed by atoms with E-state index in [0.717, 1.165) is 11.3 Å². The molecule has 0 saturated heterocycles. The third-order valence-corrected chi connectivity index (χ3v) is 2.27. The maximum atomic E-state index is 11.4. The first-order valence-corrected chi connectivity index (χ1v) is 5.38. The Bertz CT molecular complexity index is 451. The number of ether oxygens (including phenoxy) is 1. The van der Waals surface area contributed by atoms with Gasteiger partial charge < -0.3 is 15.2 Å². The molecule has 1 atom stereocenters. The zero-order chi connectivity index (χ0) is 13.5. The predicted octanol–water partition coefficient (Wildman–Crippen LogP) is 1.30. The number of carboxylic acids is 1. The molecule has 0 saturated carbocycles. The van der Waals surface area contributed by atoms with E-state index < -0.39 is 17.9 Å². The Morgan fingerprint density at radius 2 is 1.94 bits per heavy atom. The average Bonchev–Trinajstić information content (AvgIpc) is 2.36. The van der Waals surface area contributed by atoms with Crippen molar-refractivity contribution < 1.29 is 19.4 Å². The Hall–Kier alpha value is -2.30. The van der Waals surface area contributed by atoms with Crippen molar-refractivity contribution in [2.45, 2.75) is 13.0 Å². The van der Waals surface area contributed by atoms with Crippen LogP contribution in [0.2, 0.25) is 0 Å². The molecule has 1 aromatic carbocycles. The van der Waals surface area contributed by atoms with Crippen molar-refractivity contribution in [3.05, 3.63) is 35.9 Å². The molecule has 1 aromatic rings. The smallest absolute Gasteiger partial charge is 0.325 e. The maximum Gasteiger partial charge on any atom is 0.325 e. The zero-order valence-corrected chi connectivity index (χ0v) is 10.2. The average molecular weight is 249 g/mol. The van der Waals surface area contributed by atoms with Crippen LogP contribution in [0.4, 0.5) is 0 Å². The van der Waals surface area contributed by atoms with Gasteiger partial charge in [0.2, 0.25) is 5.91 Å². The van der Waals surface area contributed by atoms with Gasteiger partial charge in [-0.2, -0.15) is 0 Å². The standard InChI is InChI=1S/C13H15NO4/c1-9(13(16)17)14-12(15)8-5-10-3-6-11(18-2)7-4-10/h3-9H,1-2H3,(H,14,15)(H,16,17)/t9-/m1/s1. The van der Waals surface area contributed by atoms with Crippen LogP contribution in [0.3, 0.4) is 0 Å². The largest absolute Gasteiger partial charge is 0.497 e. The van der Waals surface area contributed by atoms with Crippen LogP contribution in [-0.2, 0) is 9.59 Å². The highest BCUT2D eigenvalue weighted by atomic mass is 16.5. The van der Waals surface area contributed by atoms with Crippen LogP contribution in [0.5, 0.6) is 5.75 Å². The molecular formula is C13H15NO4. The van der Waals surface area contributed by atoms with Crippen molar-refractivity contribution in [2.24, 2.45) is 0 Å². The summed E-state index contributed by atoms with van der Waals surface area (Å²) >= 11 is 0. The van der Waals surface area contributed by atoms with Gasteiger partial charge >= 0.3 is 5.97 Å². The van der Waals surface area contributed by atoms with E-state index in [-0.39, 0.29) is 0 Å². The number of benzene rings is 1. The Balaban J connectivity index is 2.57. The summed E-state index contributed by atoms with van der Waals surface area (Å²) in [6.45, 7) is 1.40. The fourth-order valence-electron chi connectivity index (χ4n) is 1.21. The SMILES string of the molecule is COc1ccc(C=CC(=O)N[C@H](C)C(=O)O)cc1. The van der Waals surface area contributed by atoms with Gasteiger partial charge in [0.25, 0.3) is 0 Å². The van der Waals surface area contributed by atoms with E-state index in [4.69, 9.17) is 9.84 Å². The summed E-state index contributed by atoms with van der Waals surface area (Å²) in [5.41, 5.74) is 0.828. The second-order valence-electron chi connectivity index (χ2n) is 3.68. The molecule has 0 aliphatic rings. The van der Waals surface area contributed by atoms with Gasteiger partial charge in [0.05, 0.1) is 7.11 Å². The molecule has 0 fully saturated rings. The quantitative estimate of drug-likeness (QED) is 0.771. The zero-order valence-electron chi connectivity index (χ0n) is 10.2. The Labute approximate surface area is 105 Å². The van der Waals surface area contributed by atoms with Crippen LogP contribution < -0.4 is 10.1 Å². The number of methoxy groups -OCH3 is 1. The van der Waals surface area contributed by atoms with Crippen molar-refractivity contribution in [1.29, 1.82) is 0 Å². The van der Waals surface area contributed by atoms with Crippen LogP contribution in [0, 0.1) is 0 Å². The molecule has 5 heteroatoms. The highest BCUT2D eigenvalue weighted by Gasteiger charge is 2.11.